The maximum atomic E-state index is 11.5. The summed E-state index contributed by atoms with van der Waals surface area (Å²) in [6.07, 6.45) is 7.43. The van der Waals surface area contributed by atoms with E-state index in [1.807, 2.05) is 6.92 Å². The zero-order valence-electron chi connectivity index (χ0n) is 12.1. The maximum Gasteiger partial charge on any atom is 0.309 e. The van der Waals surface area contributed by atoms with Crippen molar-refractivity contribution in [3.8, 4) is 0 Å². The Morgan fingerprint density at radius 3 is 2.90 bits per heavy atom. The van der Waals surface area contributed by atoms with Gasteiger partial charge in [-0.25, -0.2) is 0 Å². The molecule has 0 saturated carbocycles. The minimum Gasteiger partial charge on any atom is -0.481 e. The van der Waals surface area contributed by atoms with Crippen molar-refractivity contribution in [1.29, 1.82) is 0 Å². The SMILES string of the molecule is CCC1(C(=O)O)CCN(C2CCCc3occc32)CC1. The van der Waals surface area contributed by atoms with Crippen LogP contribution in [0.3, 0.4) is 0 Å². The van der Waals surface area contributed by atoms with Crippen LogP contribution >= 0.6 is 0 Å². The van der Waals surface area contributed by atoms with E-state index in [0.29, 0.717) is 6.04 Å². The first-order valence-corrected chi connectivity index (χ1v) is 7.70. The molecule has 4 nitrogen and oxygen atoms in total. The first-order valence-electron chi connectivity index (χ1n) is 7.70. The molecule has 1 aromatic rings. The number of aliphatic carboxylic acids is 1. The molecule has 0 bridgehead atoms. The minimum atomic E-state index is -0.618. The Morgan fingerprint density at radius 1 is 1.50 bits per heavy atom. The van der Waals surface area contributed by atoms with Gasteiger partial charge in [0.15, 0.2) is 0 Å². The van der Waals surface area contributed by atoms with Crippen LogP contribution < -0.4 is 0 Å². The molecule has 1 aliphatic carbocycles. The molecule has 4 heteroatoms. The zero-order chi connectivity index (χ0) is 14.2. The Labute approximate surface area is 119 Å². The monoisotopic (exact) mass is 277 g/mol. The maximum absolute atomic E-state index is 11.5. The molecule has 0 radical (unpaired) electrons. The second kappa shape index (κ2) is 5.24. The topological polar surface area (TPSA) is 53.7 Å². The van der Waals surface area contributed by atoms with E-state index in [1.165, 1.54) is 18.4 Å². The molecule has 1 saturated heterocycles. The number of furan rings is 1. The first kappa shape index (κ1) is 13.7. The van der Waals surface area contributed by atoms with Crippen molar-refractivity contribution in [2.24, 2.45) is 5.41 Å². The van der Waals surface area contributed by atoms with Crippen molar-refractivity contribution < 1.29 is 14.3 Å². The summed E-state index contributed by atoms with van der Waals surface area (Å²) < 4.78 is 5.56. The summed E-state index contributed by atoms with van der Waals surface area (Å²) in [7, 11) is 0. The van der Waals surface area contributed by atoms with Crippen molar-refractivity contribution in [3.05, 3.63) is 23.7 Å². The third kappa shape index (κ3) is 2.16. The van der Waals surface area contributed by atoms with Crippen LogP contribution in [0.2, 0.25) is 0 Å². The number of hydrogen-bond acceptors (Lipinski definition) is 3. The molecule has 20 heavy (non-hydrogen) atoms. The largest absolute Gasteiger partial charge is 0.481 e. The van der Waals surface area contributed by atoms with Gasteiger partial charge in [0.25, 0.3) is 0 Å². The van der Waals surface area contributed by atoms with Gasteiger partial charge in [-0.2, -0.15) is 0 Å². The number of carbonyl (C=O) groups is 1. The fraction of sp³-hybridized carbons (Fsp3) is 0.688. The van der Waals surface area contributed by atoms with Crippen LogP contribution in [0, 0.1) is 5.41 Å². The van der Waals surface area contributed by atoms with E-state index in [0.717, 1.165) is 44.5 Å². The molecule has 1 atom stereocenters. The highest BCUT2D eigenvalue weighted by atomic mass is 16.4. The van der Waals surface area contributed by atoms with E-state index < -0.39 is 11.4 Å². The predicted molar refractivity (Wildman–Crippen MR) is 75.6 cm³/mol. The lowest BCUT2D eigenvalue weighted by atomic mass is 9.75. The summed E-state index contributed by atoms with van der Waals surface area (Å²) in [5.41, 5.74) is 0.834. The second-order valence-electron chi connectivity index (χ2n) is 6.18. The molecule has 1 fully saturated rings. The van der Waals surface area contributed by atoms with E-state index in [1.54, 1.807) is 6.26 Å². The van der Waals surface area contributed by atoms with Gasteiger partial charge in [-0.05, 0) is 51.3 Å². The standard InChI is InChI=1S/C16H23NO3/c1-2-16(15(18)19)7-9-17(10-8-16)13-4-3-5-14-12(13)6-11-20-14/h6,11,13H,2-5,7-10H2,1H3,(H,18,19). The van der Waals surface area contributed by atoms with Crippen molar-refractivity contribution in [2.45, 2.75) is 51.5 Å². The molecule has 2 heterocycles. The predicted octanol–water partition coefficient (Wildman–Crippen LogP) is 3.23. The summed E-state index contributed by atoms with van der Waals surface area (Å²) in [6.45, 7) is 3.77. The van der Waals surface area contributed by atoms with Gasteiger partial charge in [0.05, 0.1) is 11.7 Å². The Hall–Kier alpha value is -1.29. The van der Waals surface area contributed by atoms with Crippen molar-refractivity contribution in [1.82, 2.24) is 4.90 Å². The van der Waals surface area contributed by atoms with Gasteiger partial charge < -0.3 is 9.52 Å². The Morgan fingerprint density at radius 2 is 2.25 bits per heavy atom. The van der Waals surface area contributed by atoms with E-state index >= 15 is 0 Å². The Balaban J connectivity index is 1.72. The lowest BCUT2D eigenvalue weighted by molar-refractivity contribution is -0.152. The van der Waals surface area contributed by atoms with Gasteiger partial charge in [-0.1, -0.05) is 6.92 Å². The number of rotatable bonds is 3. The number of likely N-dealkylation sites (tertiary alicyclic amines) is 1. The molecule has 0 spiro atoms. The lowest BCUT2D eigenvalue weighted by Gasteiger charge is -2.42. The fourth-order valence-electron chi connectivity index (χ4n) is 3.82. The zero-order valence-corrected chi connectivity index (χ0v) is 12.1. The summed E-state index contributed by atoms with van der Waals surface area (Å²) in [5.74, 6) is 0.513. The summed E-state index contributed by atoms with van der Waals surface area (Å²) in [6, 6.07) is 2.53. The van der Waals surface area contributed by atoms with E-state index in [9.17, 15) is 9.90 Å². The van der Waals surface area contributed by atoms with Crippen LogP contribution in [0.5, 0.6) is 0 Å². The molecule has 0 aromatic carbocycles. The van der Waals surface area contributed by atoms with Crippen LogP contribution in [0.25, 0.3) is 0 Å². The highest BCUT2D eigenvalue weighted by Gasteiger charge is 2.41. The lowest BCUT2D eigenvalue weighted by Crippen LogP contribution is -2.45. The second-order valence-corrected chi connectivity index (χ2v) is 6.18. The summed E-state index contributed by atoms with van der Waals surface area (Å²) >= 11 is 0. The van der Waals surface area contributed by atoms with Crippen molar-refractivity contribution in [3.63, 3.8) is 0 Å². The minimum absolute atomic E-state index is 0.432. The summed E-state index contributed by atoms with van der Waals surface area (Å²) in [5, 5.41) is 9.48. The van der Waals surface area contributed by atoms with Crippen molar-refractivity contribution >= 4 is 5.97 Å². The molecule has 1 aliphatic heterocycles. The number of carboxylic acid groups (broad SMARTS) is 1. The number of carboxylic acids is 1. The third-order valence-electron chi connectivity index (χ3n) is 5.35. The molecular formula is C16H23NO3. The van der Waals surface area contributed by atoms with E-state index in [4.69, 9.17) is 4.42 Å². The molecule has 1 unspecified atom stereocenters. The van der Waals surface area contributed by atoms with E-state index in [-0.39, 0.29) is 0 Å². The number of aryl methyl sites for hydroxylation is 1. The van der Waals surface area contributed by atoms with Gasteiger partial charge in [0.2, 0.25) is 0 Å². The van der Waals surface area contributed by atoms with E-state index in [2.05, 4.69) is 11.0 Å². The van der Waals surface area contributed by atoms with Gasteiger partial charge in [0, 0.05) is 18.0 Å². The highest BCUT2D eigenvalue weighted by molar-refractivity contribution is 5.74. The average molecular weight is 277 g/mol. The molecule has 1 N–H and O–H groups in total. The van der Waals surface area contributed by atoms with Crippen molar-refractivity contribution in [2.75, 3.05) is 13.1 Å². The summed E-state index contributed by atoms with van der Waals surface area (Å²) in [4.78, 5) is 14.0. The number of nitrogens with zero attached hydrogens (tertiary/aromatic N) is 1. The van der Waals surface area contributed by atoms with Gasteiger partial charge >= 0.3 is 5.97 Å². The Bertz CT molecular complexity index is 486. The molecule has 3 rings (SSSR count). The van der Waals surface area contributed by atoms with Crippen LogP contribution in [0.4, 0.5) is 0 Å². The molecular weight excluding hydrogens is 254 g/mol. The molecule has 0 amide bonds. The first-order chi connectivity index (χ1) is 9.66. The van der Waals surface area contributed by atoms with Crippen LogP contribution in [-0.2, 0) is 11.2 Å². The number of piperidine rings is 1. The highest BCUT2D eigenvalue weighted by Crippen LogP contribution is 2.41. The van der Waals surface area contributed by atoms with Crippen LogP contribution in [-0.4, -0.2) is 29.1 Å². The normalized spacial score (nSPS) is 26.1. The Kier molecular flexibility index (Phi) is 3.59. The molecule has 1 aromatic heterocycles. The molecule has 2 aliphatic rings. The fourth-order valence-corrected chi connectivity index (χ4v) is 3.82. The van der Waals surface area contributed by atoms with Gasteiger partial charge in [-0.3, -0.25) is 9.69 Å². The molecule has 110 valence electrons. The number of hydrogen-bond donors (Lipinski definition) is 1. The van der Waals surface area contributed by atoms with Crippen LogP contribution in [0.15, 0.2) is 16.7 Å². The average Bonchev–Trinajstić information content (AvgIpc) is 2.95. The smallest absolute Gasteiger partial charge is 0.309 e. The van der Waals surface area contributed by atoms with Crippen LogP contribution in [0.1, 0.15) is 56.4 Å². The van der Waals surface area contributed by atoms with Gasteiger partial charge in [0.1, 0.15) is 5.76 Å². The number of fused-ring (bicyclic) bond motifs is 1. The third-order valence-corrected chi connectivity index (χ3v) is 5.35. The quantitative estimate of drug-likeness (QED) is 0.921. The van der Waals surface area contributed by atoms with Gasteiger partial charge in [-0.15, -0.1) is 0 Å².